The second-order valence-corrected chi connectivity index (χ2v) is 5.97. The SMILES string of the molecule is CC(C)n1ccc(CC(O)CCC2CCCC2)n1. The number of aliphatic hydroxyl groups is 1. The summed E-state index contributed by atoms with van der Waals surface area (Å²) in [6, 6.07) is 2.42. The molecule has 18 heavy (non-hydrogen) atoms. The largest absolute Gasteiger partial charge is 0.393 e. The number of hydrogen-bond donors (Lipinski definition) is 1. The summed E-state index contributed by atoms with van der Waals surface area (Å²) in [5.74, 6) is 0.868. The van der Waals surface area contributed by atoms with E-state index in [2.05, 4.69) is 18.9 Å². The van der Waals surface area contributed by atoms with E-state index in [1.807, 2.05) is 16.9 Å². The standard InChI is InChI=1S/C15H26N2O/c1-12(2)17-10-9-14(16-17)11-15(18)8-7-13-5-3-4-6-13/h9-10,12-13,15,18H,3-8,11H2,1-2H3. The van der Waals surface area contributed by atoms with Gasteiger partial charge in [-0.1, -0.05) is 25.7 Å². The van der Waals surface area contributed by atoms with Gasteiger partial charge in [-0.25, -0.2) is 0 Å². The highest BCUT2D eigenvalue weighted by Gasteiger charge is 2.17. The molecule has 102 valence electrons. The van der Waals surface area contributed by atoms with Crippen LogP contribution < -0.4 is 0 Å². The molecule has 0 aromatic carbocycles. The number of rotatable bonds is 6. The molecule has 1 aromatic rings. The van der Waals surface area contributed by atoms with Crippen LogP contribution in [0.5, 0.6) is 0 Å². The normalized spacial score (nSPS) is 18.7. The van der Waals surface area contributed by atoms with Crippen molar-refractivity contribution in [2.75, 3.05) is 0 Å². The first-order chi connectivity index (χ1) is 8.65. The minimum absolute atomic E-state index is 0.221. The van der Waals surface area contributed by atoms with Crippen LogP contribution in [-0.2, 0) is 6.42 Å². The number of aromatic nitrogens is 2. The third-order valence-electron chi connectivity index (χ3n) is 4.02. The Morgan fingerprint density at radius 3 is 2.72 bits per heavy atom. The Hall–Kier alpha value is -0.830. The van der Waals surface area contributed by atoms with E-state index >= 15 is 0 Å². The maximum atomic E-state index is 10.1. The Kier molecular flexibility index (Phi) is 4.81. The summed E-state index contributed by atoms with van der Waals surface area (Å²) in [5, 5.41) is 14.5. The van der Waals surface area contributed by atoms with Crippen LogP contribution in [0, 0.1) is 5.92 Å². The van der Waals surface area contributed by atoms with Crippen molar-refractivity contribution in [2.45, 2.75) is 70.9 Å². The molecule has 0 amide bonds. The van der Waals surface area contributed by atoms with Crippen molar-refractivity contribution in [2.24, 2.45) is 5.92 Å². The molecule has 1 aromatic heterocycles. The Morgan fingerprint density at radius 2 is 2.11 bits per heavy atom. The molecular formula is C15H26N2O. The highest BCUT2D eigenvalue weighted by atomic mass is 16.3. The van der Waals surface area contributed by atoms with Crippen LogP contribution in [0.3, 0.4) is 0 Å². The molecule has 1 fully saturated rings. The summed E-state index contributed by atoms with van der Waals surface area (Å²) in [4.78, 5) is 0. The third kappa shape index (κ3) is 3.84. The monoisotopic (exact) mass is 250 g/mol. The molecule has 1 unspecified atom stereocenters. The van der Waals surface area contributed by atoms with Gasteiger partial charge in [0.15, 0.2) is 0 Å². The predicted octanol–water partition coefficient (Wildman–Crippen LogP) is 3.34. The van der Waals surface area contributed by atoms with Gasteiger partial charge in [-0.05, 0) is 38.7 Å². The lowest BCUT2D eigenvalue weighted by Gasteiger charge is -2.12. The average Bonchev–Trinajstić information content (AvgIpc) is 2.96. The van der Waals surface area contributed by atoms with E-state index in [9.17, 15) is 5.11 Å². The molecule has 1 saturated carbocycles. The quantitative estimate of drug-likeness (QED) is 0.841. The topological polar surface area (TPSA) is 38.0 Å². The van der Waals surface area contributed by atoms with Crippen molar-refractivity contribution in [3.05, 3.63) is 18.0 Å². The van der Waals surface area contributed by atoms with Crippen molar-refractivity contribution < 1.29 is 5.11 Å². The molecule has 0 aliphatic heterocycles. The summed E-state index contributed by atoms with van der Waals surface area (Å²) in [5.41, 5.74) is 1.02. The molecule has 1 aliphatic rings. The predicted molar refractivity (Wildman–Crippen MR) is 73.5 cm³/mol. The van der Waals surface area contributed by atoms with Crippen LogP contribution in [0.25, 0.3) is 0 Å². The first-order valence-electron chi connectivity index (χ1n) is 7.37. The fraction of sp³-hybridized carbons (Fsp3) is 0.800. The molecule has 3 nitrogen and oxygen atoms in total. The lowest BCUT2D eigenvalue weighted by molar-refractivity contribution is 0.153. The van der Waals surface area contributed by atoms with Gasteiger partial charge >= 0.3 is 0 Å². The van der Waals surface area contributed by atoms with Gasteiger partial charge in [0.2, 0.25) is 0 Å². The van der Waals surface area contributed by atoms with E-state index < -0.39 is 0 Å². The van der Waals surface area contributed by atoms with Gasteiger partial charge in [0.25, 0.3) is 0 Å². The van der Waals surface area contributed by atoms with Crippen LogP contribution >= 0.6 is 0 Å². The Bertz CT molecular complexity index is 353. The second-order valence-electron chi connectivity index (χ2n) is 5.97. The molecule has 2 rings (SSSR count). The van der Waals surface area contributed by atoms with Gasteiger partial charge in [-0.15, -0.1) is 0 Å². The summed E-state index contributed by atoms with van der Waals surface area (Å²) in [7, 11) is 0. The molecule has 1 N–H and O–H groups in total. The fourth-order valence-corrected chi connectivity index (χ4v) is 2.84. The summed E-state index contributed by atoms with van der Waals surface area (Å²) in [6.07, 6.45) is 10.1. The van der Waals surface area contributed by atoms with Crippen LogP contribution in [0.4, 0.5) is 0 Å². The Balaban J connectivity index is 1.73. The lowest BCUT2D eigenvalue weighted by atomic mass is 9.98. The van der Waals surface area contributed by atoms with E-state index in [0.29, 0.717) is 12.5 Å². The Labute approximate surface area is 110 Å². The molecule has 0 bridgehead atoms. The number of hydrogen-bond acceptors (Lipinski definition) is 2. The average molecular weight is 250 g/mol. The van der Waals surface area contributed by atoms with Gasteiger partial charge in [0.05, 0.1) is 11.8 Å². The van der Waals surface area contributed by atoms with Crippen LogP contribution in [-0.4, -0.2) is 21.0 Å². The fourth-order valence-electron chi connectivity index (χ4n) is 2.84. The van der Waals surface area contributed by atoms with Crippen molar-refractivity contribution in [1.29, 1.82) is 0 Å². The lowest BCUT2D eigenvalue weighted by Crippen LogP contribution is -2.13. The van der Waals surface area contributed by atoms with E-state index in [-0.39, 0.29) is 6.10 Å². The Morgan fingerprint density at radius 1 is 1.39 bits per heavy atom. The highest BCUT2D eigenvalue weighted by Crippen LogP contribution is 2.29. The van der Waals surface area contributed by atoms with Crippen molar-refractivity contribution in [3.8, 4) is 0 Å². The van der Waals surface area contributed by atoms with Gasteiger partial charge < -0.3 is 5.11 Å². The van der Waals surface area contributed by atoms with Gasteiger partial charge in [-0.3, -0.25) is 4.68 Å². The molecule has 1 atom stereocenters. The highest BCUT2D eigenvalue weighted by molar-refractivity contribution is 5.01. The zero-order valence-electron chi connectivity index (χ0n) is 11.7. The van der Waals surface area contributed by atoms with Gasteiger partial charge in [0, 0.05) is 18.7 Å². The van der Waals surface area contributed by atoms with Crippen molar-refractivity contribution >= 4 is 0 Å². The minimum atomic E-state index is -0.221. The van der Waals surface area contributed by atoms with E-state index in [1.165, 1.54) is 32.1 Å². The van der Waals surface area contributed by atoms with Crippen LogP contribution in [0.15, 0.2) is 12.3 Å². The molecule has 0 radical (unpaired) electrons. The first kappa shape index (κ1) is 13.6. The summed E-state index contributed by atoms with van der Waals surface area (Å²) < 4.78 is 1.96. The van der Waals surface area contributed by atoms with Crippen molar-refractivity contribution in [3.63, 3.8) is 0 Å². The maximum absolute atomic E-state index is 10.1. The van der Waals surface area contributed by atoms with Crippen molar-refractivity contribution in [1.82, 2.24) is 9.78 Å². The molecule has 0 saturated heterocycles. The minimum Gasteiger partial charge on any atom is -0.393 e. The maximum Gasteiger partial charge on any atom is 0.0650 e. The smallest absolute Gasteiger partial charge is 0.0650 e. The zero-order valence-corrected chi connectivity index (χ0v) is 11.7. The van der Waals surface area contributed by atoms with E-state index in [4.69, 9.17) is 0 Å². The van der Waals surface area contributed by atoms with E-state index in [0.717, 1.165) is 18.0 Å². The summed E-state index contributed by atoms with van der Waals surface area (Å²) >= 11 is 0. The van der Waals surface area contributed by atoms with Gasteiger partial charge in [-0.2, -0.15) is 5.10 Å². The number of nitrogens with zero attached hydrogens (tertiary/aromatic N) is 2. The first-order valence-corrected chi connectivity index (χ1v) is 7.37. The zero-order chi connectivity index (χ0) is 13.0. The van der Waals surface area contributed by atoms with Gasteiger partial charge in [0.1, 0.15) is 0 Å². The molecule has 3 heteroatoms. The summed E-state index contributed by atoms with van der Waals surface area (Å²) in [6.45, 7) is 4.24. The van der Waals surface area contributed by atoms with Crippen LogP contribution in [0.1, 0.15) is 64.1 Å². The molecule has 1 aliphatic carbocycles. The van der Waals surface area contributed by atoms with Crippen LogP contribution in [0.2, 0.25) is 0 Å². The second kappa shape index (κ2) is 6.37. The number of aliphatic hydroxyl groups excluding tert-OH is 1. The molecule has 1 heterocycles. The molecule has 0 spiro atoms. The third-order valence-corrected chi connectivity index (χ3v) is 4.02. The molecular weight excluding hydrogens is 224 g/mol. The van der Waals surface area contributed by atoms with E-state index in [1.54, 1.807) is 0 Å².